The van der Waals surface area contributed by atoms with Crippen LogP contribution in [-0.4, -0.2) is 32.4 Å². The van der Waals surface area contributed by atoms with Gasteiger partial charge in [0.05, 0.1) is 6.61 Å². The largest absolute Gasteiger partial charge is 0.466 e. The fourth-order valence-electron chi connectivity index (χ4n) is 1.22. The molecule has 0 saturated heterocycles. The Bertz CT molecular complexity index is 311. The number of nitrogens with zero attached hydrogens (tertiary/aromatic N) is 3. The van der Waals surface area contributed by atoms with Gasteiger partial charge in [-0.05, 0) is 13.3 Å². The molecule has 0 unspecified atom stereocenters. The van der Waals surface area contributed by atoms with Crippen molar-refractivity contribution in [3.8, 4) is 0 Å². The first-order valence-corrected chi connectivity index (χ1v) is 4.91. The van der Waals surface area contributed by atoms with Gasteiger partial charge in [-0.3, -0.25) is 4.79 Å². The first-order valence-electron chi connectivity index (χ1n) is 4.91. The average molecular weight is 213 g/mol. The summed E-state index contributed by atoms with van der Waals surface area (Å²) < 4.78 is 6.51. The molecule has 1 aromatic heterocycles. The number of aryl methyl sites for hydroxylation is 1. The highest BCUT2D eigenvalue weighted by molar-refractivity contribution is 5.69. The maximum absolute atomic E-state index is 11.0. The fourth-order valence-corrected chi connectivity index (χ4v) is 1.22. The molecule has 0 aromatic carbocycles. The molecule has 0 bridgehead atoms. The summed E-state index contributed by atoms with van der Waals surface area (Å²) >= 11 is 0. The van der Waals surface area contributed by atoms with Crippen molar-refractivity contribution in [2.75, 3.05) is 6.61 Å². The zero-order chi connectivity index (χ0) is 11.1. The van der Waals surface area contributed by atoms with Crippen molar-refractivity contribution in [3.05, 3.63) is 12.2 Å². The van der Waals surface area contributed by atoms with E-state index in [0.29, 0.717) is 31.8 Å². The molecule has 1 N–H and O–H groups in total. The second-order valence-electron chi connectivity index (χ2n) is 3.01. The van der Waals surface area contributed by atoms with Crippen molar-refractivity contribution in [3.63, 3.8) is 0 Å². The van der Waals surface area contributed by atoms with E-state index in [1.54, 1.807) is 11.5 Å². The van der Waals surface area contributed by atoms with Gasteiger partial charge in [-0.15, -0.1) is 10.2 Å². The van der Waals surface area contributed by atoms with Gasteiger partial charge in [-0.25, -0.2) is 0 Å². The minimum Gasteiger partial charge on any atom is -0.466 e. The van der Waals surface area contributed by atoms with E-state index in [1.165, 1.54) is 6.33 Å². The third-order valence-electron chi connectivity index (χ3n) is 1.92. The highest BCUT2D eigenvalue weighted by atomic mass is 16.5. The number of aliphatic hydroxyl groups is 1. The molecule has 1 aromatic rings. The number of carbonyl (C=O) groups is 1. The second kappa shape index (κ2) is 6.13. The Kier molecular flexibility index (Phi) is 4.76. The van der Waals surface area contributed by atoms with Crippen LogP contribution in [0.15, 0.2) is 6.33 Å². The summed E-state index contributed by atoms with van der Waals surface area (Å²) in [5.74, 6) is 0.315. The summed E-state index contributed by atoms with van der Waals surface area (Å²) in [5.41, 5.74) is 0. The summed E-state index contributed by atoms with van der Waals surface area (Å²) in [7, 11) is 0. The summed E-state index contributed by atoms with van der Waals surface area (Å²) in [5, 5.41) is 16.3. The van der Waals surface area contributed by atoms with Crippen LogP contribution in [0, 0.1) is 0 Å². The van der Waals surface area contributed by atoms with Gasteiger partial charge >= 0.3 is 5.97 Å². The molecule has 0 amide bonds. The molecule has 0 aliphatic heterocycles. The maximum Gasteiger partial charge on any atom is 0.305 e. The summed E-state index contributed by atoms with van der Waals surface area (Å²) in [6.45, 7) is 2.66. The van der Waals surface area contributed by atoms with Gasteiger partial charge in [0.15, 0.2) is 5.82 Å². The van der Waals surface area contributed by atoms with Gasteiger partial charge in [-0.2, -0.15) is 0 Å². The molecule has 1 heterocycles. The molecule has 0 aliphatic rings. The number of aromatic nitrogens is 3. The molecule has 84 valence electrons. The van der Waals surface area contributed by atoms with E-state index in [-0.39, 0.29) is 12.6 Å². The Morgan fingerprint density at radius 1 is 1.67 bits per heavy atom. The van der Waals surface area contributed by atoms with Crippen LogP contribution in [0.25, 0.3) is 0 Å². The monoisotopic (exact) mass is 213 g/mol. The van der Waals surface area contributed by atoms with Crippen LogP contribution in [0.3, 0.4) is 0 Å². The lowest BCUT2D eigenvalue weighted by atomic mass is 10.3. The average Bonchev–Trinajstić information content (AvgIpc) is 2.66. The number of esters is 1. The molecule has 15 heavy (non-hydrogen) atoms. The number of hydrogen-bond donors (Lipinski definition) is 1. The second-order valence-corrected chi connectivity index (χ2v) is 3.01. The first kappa shape index (κ1) is 11.6. The van der Waals surface area contributed by atoms with Gasteiger partial charge in [0.2, 0.25) is 0 Å². The molecule has 0 saturated carbocycles. The van der Waals surface area contributed by atoms with Gasteiger partial charge in [-0.1, -0.05) is 0 Å². The molecule has 0 spiro atoms. The van der Waals surface area contributed by atoms with Crippen molar-refractivity contribution >= 4 is 5.97 Å². The van der Waals surface area contributed by atoms with E-state index >= 15 is 0 Å². The zero-order valence-electron chi connectivity index (χ0n) is 8.72. The Hall–Kier alpha value is -1.43. The lowest BCUT2D eigenvalue weighted by Crippen LogP contribution is -2.08. The topological polar surface area (TPSA) is 77.2 Å². The summed E-state index contributed by atoms with van der Waals surface area (Å²) in [4.78, 5) is 11.0. The predicted octanol–water partition coefficient (Wildman–Crippen LogP) is 0.114. The van der Waals surface area contributed by atoms with Gasteiger partial charge in [0.1, 0.15) is 12.9 Å². The molecular weight excluding hydrogens is 198 g/mol. The molecule has 6 heteroatoms. The van der Waals surface area contributed by atoms with E-state index in [1.807, 2.05) is 0 Å². The Morgan fingerprint density at radius 2 is 2.47 bits per heavy atom. The van der Waals surface area contributed by atoms with Crippen molar-refractivity contribution in [2.24, 2.45) is 0 Å². The van der Waals surface area contributed by atoms with Gasteiger partial charge < -0.3 is 14.4 Å². The van der Waals surface area contributed by atoms with Gasteiger partial charge in [0, 0.05) is 13.0 Å². The highest BCUT2D eigenvalue weighted by Gasteiger charge is 2.04. The molecule has 0 radical (unpaired) electrons. The van der Waals surface area contributed by atoms with Crippen LogP contribution in [-0.2, 0) is 22.7 Å². The molecular formula is C9H15N3O3. The Morgan fingerprint density at radius 3 is 3.13 bits per heavy atom. The molecule has 0 fully saturated rings. The number of rotatable bonds is 6. The minimum absolute atomic E-state index is 0.139. The fraction of sp³-hybridized carbons (Fsp3) is 0.667. The van der Waals surface area contributed by atoms with E-state index < -0.39 is 0 Å². The highest BCUT2D eigenvalue weighted by Crippen LogP contribution is 2.00. The lowest BCUT2D eigenvalue weighted by molar-refractivity contribution is -0.143. The standard InChI is InChI=1S/C9H15N3O3/c1-2-15-9(14)4-3-5-12-7-10-11-8(12)6-13/h7,13H,2-6H2,1H3. The Labute approximate surface area is 87.9 Å². The van der Waals surface area contributed by atoms with Crippen molar-refractivity contribution in [2.45, 2.75) is 32.9 Å². The quantitative estimate of drug-likeness (QED) is 0.679. The van der Waals surface area contributed by atoms with E-state index in [0.717, 1.165) is 0 Å². The normalized spacial score (nSPS) is 10.3. The van der Waals surface area contributed by atoms with Gasteiger partial charge in [0.25, 0.3) is 0 Å². The van der Waals surface area contributed by atoms with Crippen LogP contribution in [0.1, 0.15) is 25.6 Å². The maximum atomic E-state index is 11.0. The first-order chi connectivity index (χ1) is 7.27. The number of ether oxygens (including phenoxy) is 1. The third kappa shape index (κ3) is 3.67. The van der Waals surface area contributed by atoms with E-state index in [4.69, 9.17) is 9.84 Å². The van der Waals surface area contributed by atoms with Crippen molar-refractivity contribution in [1.82, 2.24) is 14.8 Å². The van der Waals surface area contributed by atoms with E-state index in [2.05, 4.69) is 10.2 Å². The number of aliphatic hydroxyl groups excluding tert-OH is 1. The summed E-state index contributed by atoms with van der Waals surface area (Å²) in [6.07, 6.45) is 2.57. The SMILES string of the molecule is CCOC(=O)CCCn1cnnc1CO. The lowest BCUT2D eigenvalue weighted by Gasteiger charge is -2.04. The van der Waals surface area contributed by atoms with E-state index in [9.17, 15) is 4.79 Å². The Balaban J connectivity index is 2.28. The van der Waals surface area contributed by atoms with Crippen LogP contribution >= 0.6 is 0 Å². The molecule has 0 aliphatic carbocycles. The molecule has 0 atom stereocenters. The third-order valence-corrected chi connectivity index (χ3v) is 1.92. The summed E-state index contributed by atoms with van der Waals surface area (Å²) in [6, 6.07) is 0. The zero-order valence-corrected chi connectivity index (χ0v) is 8.72. The van der Waals surface area contributed by atoms with Crippen molar-refractivity contribution < 1.29 is 14.6 Å². The van der Waals surface area contributed by atoms with Crippen LogP contribution in [0.2, 0.25) is 0 Å². The molecule has 1 rings (SSSR count). The van der Waals surface area contributed by atoms with Crippen molar-refractivity contribution in [1.29, 1.82) is 0 Å². The number of hydrogen-bond acceptors (Lipinski definition) is 5. The van der Waals surface area contributed by atoms with Crippen LogP contribution in [0.4, 0.5) is 0 Å². The minimum atomic E-state index is -0.198. The van der Waals surface area contributed by atoms with Crippen LogP contribution in [0.5, 0.6) is 0 Å². The van der Waals surface area contributed by atoms with Crippen LogP contribution < -0.4 is 0 Å². The smallest absolute Gasteiger partial charge is 0.305 e. The predicted molar refractivity (Wildman–Crippen MR) is 51.8 cm³/mol. The molecule has 6 nitrogen and oxygen atoms in total. The number of carbonyl (C=O) groups excluding carboxylic acids is 1.